The van der Waals surface area contributed by atoms with Gasteiger partial charge < -0.3 is 4.74 Å². The van der Waals surface area contributed by atoms with E-state index >= 15 is 0 Å². The first kappa shape index (κ1) is 19.1. The number of hydrogen-bond donors (Lipinski definition) is 0. The number of thioether (sulfide) groups is 1. The van der Waals surface area contributed by atoms with Gasteiger partial charge in [-0.1, -0.05) is 48.0 Å². The van der Waals surface area contributed by atoms with Gasteiger partial charge in [0.2, 0.25) is 0 Å². The van der Waals surface area contributed by atoms with Crippen molar-refractivity contribution in [3.63, 3.8) is 0 Å². The molecule has 0 spiro atoms. The van der Waals surface area contributed by atoms with E-state index in [0.717, 1.165) is 24.6 Å². The van der Waals surface area contributed by atoms with E-state index in [1.165, 1.54) is 12.0 Å². The van der Waals surface area contributed by atoms with Gasteiger partial charge in [0.15, 0.2) is 0 Å². The van der Waals surface area contributed by atoms with Gasteiger partial charge in [-0.3, -0.25) is 9.69 Å². The summed E-state index contributed by atoms with van der Waals surface area (Å²) >= 11 is 1.16. The van der Waals surface area contributed by atoms with Crippen LogP contribution in [0.15, 0.2) is 30.3 Å². The Morgan fingerprint density at radius 3 is 2.71 bits per heavy atom. The molecule has 0 aliphatic heterocycles. The standard InChI is InChI=1S/C20H27NO2S/c1-20(2,14-13-19(22)24-4)21(3)17-11-8-12-18(17)23-15-16-9-6-5-7-10-16/h5-7,9-10,17-18H,8,11-12,15H2,1-4H3/t17?,18-/m1/s1. The van der Waals surface area contributed by atoms with Crippen LogP contribution in [0, 0.1) is 11.8 Å². The Morgan fingerprint density at radius 1 is 1.33 bits per heavy atom. The third-order valence-electron chi connectivity index (χ3n) is 4.76. The summed E-state index contributed by atoms with van der Waals surface area (Å²) in [4.78, 5) is 13.7. The molecule has 1 unspecified atom stereocenters. The summed E-state index contributed by atoms with van der Waals surface area (Å²) < 4.78 is 6.20. The number of rotatable bonds is 5. The first-order valence-corrected chi connectivity index (χ1v) is 9.66. The van der Waals surface area contributed by atoms with Crippen LogP contribution < -0.4 is 0 Å². The molecular weight excluding hydrogens is 318 g/mol. The summed E-state index contributed by atoms with van der Waals surface area (Å²) in [5.41, 5.74) is 0.852. The highest BCUT2D eigenvalue weighted by Crippen LogP contribution is 2.30. The maximum atomic E-state index is 11.5. The fraction of sp³-hybridized carbons (Fsp3) is 0.550. The van der Waals surface area contributed by atoms with Gasteiger partial charge >= 0.3 is 0 Å². The van der Waals surface area contributed by atoms with Crippen LogP contribution in [0.3, 0.4) is 0 Å². The Morgan fingerprint density at radius 2 is 2.04 bits per heavy atom. The topological polar surface area (TPSA) is 29.5 Å². The summed E-state index contributed by atoms with van der Waals surface area (Å²) in [5.74, 6) is 5.87. The second-order valence-corrected chi connectivity index (χ2v) is 7.52. The zero-order valence-electron chi connectivity index (χ0n) is 15.0. The Balaban J connectivity index is 2.00. The molecule has 1 aromatic carbocycles. The van der Waals surface area contributed by atoms with E-state index in [0.29, 0.717) is 12.6 Å². The van der Waals surface area contributed by atoms with Crippen molar-refractivity contribution >= 4 is 16.9 Å². The van der Waals surface area contributed by atoms with Crippen molar-refractivity contribution in [2.24, 2.45) is 0 Å². The first-order valence-electron chi connectivity index (χ1n) is 8.43. The predicted octanol–water partition coefficient (Wildman–Crippen LogP) is 3.73. The van der Waals surface area contributed by atoms with Crippen LogP contribution >= 0.6 is 11.8 Å². The van der Waals surface area contributed by atoms with E-state index in [4.69, 9.17) is 4.74 Å². The molecule has 0 bridgehead atoms. The maximum Gasteiger partial charge on any atom is 0.262 e. The van der Waals surface area contributed by atoms with Crippen molar-refractivity contribution in [2.75, 3.05) is 13.3 Å². The van der Waals surface area contributed by atoms with Crippen LogP contribution in [-0.2, 0) is 16.1 Å². The summed E-state index contributed by atoms with van der Waals surface area (Å²) in [7, 11) is 2.09. The van der Waals surface area contributed by atoms with Gasteiger partial charge in [-0.15, -0.1) is 0 Å². The number of likely N-dealkylation sites (N-methyl/N-ethyl adjacent to an activating group) is 1. The van der Waals surface area contributed by atoms with Gasteiger partial charge in [0.25, 0.3) is 5.12 Å². The zero-order chi connectivity index (χ0) is 17.6. The first-order chi connectivity index (χ1) is 11.4. The minimum absolute atomic E-state index is 0.0835. The average Bonchev–Trinajstić information content (AvgIpc) is 3.06. The molecule has 1 aromatic rings. The molecule has 0 heterocycles. The summed E-state index contributed by atoms with van der Waals surface area (Å²) in [6.45, 7) is 4.78. The Labute approximate surface area is 150 Å². The van der Waals surface area contributed by atoms with Gasteiger partial charge in [-0.05, 0) is 57.9 Å². The highest BCUT2D eigenvalue weighted by Gasteiger charge is 2.37. The lowest BCUT2D eigenvalue weighted by Gasteiger charge is -2.38. The number of nitrogens with zero attached hydrogens (tertiary/aromatic N) is 1. The van der Waals surface area contributed by atoms with Crippen molar-refractivity contribution in [3.05, 3.63) is 35.9 Å². The molecule has 130 valence electrons. The molecule has 0 radical (unpaired) electrons. The van der Waals surface area contributed by atoms with Crippen molar-refractivity contribution < 1.29 is 9.53 Å². The second kappa shape index (κ2) is 8.71. The predicted molar refractivity (Wildman–Crippen MR) is 101 cm³/mol. The second-order valence-electron chi connectivity index (χ2n) is 6.74. The van der Waals surface area contributed by atoms with E-state index in [1.807, 2.05) is 18.2 Å². The minimum atomic E-state index is -0.352. The van der Waals surface area contributed by atoms with Crippen LogP contribution in [0.25, 0.3) is 0 Å². The summed E-state index contributed by atoms with van der Waals surface area (Å²) in [5, 5.41) is -0.0835. The molecule has 1 aliphatic rings. The lowest BCUT2D eigenvalue weighted by Crippen LogP contribution is -2.50. The molecule has 0 N–H and O–H groups in total. The molecule has 2 rings (SSSR count). The van der Waals surface area contributed by atoms with Crippen LogP contribution in [-0.4, -0.2) is 41.0 Å². The average molecular weight is 346 g/mol. The van der Waals surface area contributed by atoms with Crippen molar-refractivity contribution in [1.82, 2.24) is 4.90 Å². The molecule has 0 saturated heterocycles. The molecular formula is C20H27NO2S. The molecule has 2 atom stereocenters. The van der Waals surface area contributed by atoms with Crippen LogP contribution in [0.1, 0.15) is 38.7 Å². The van der Waals surface area contributed by atoms with Gasteiger partial charge in [-0.25, -0.2) is 0 Å². The number of benzene rings is 1. The normalized spacial score (nSPS) is 20.7. The Bertz CT molecular complexity index is 603. The summed E-state index contributed by atoms with van der Waals surface area (Å²) in [6.07, 6.45) is 5.33. The minimum Gasteiger partial charge on any atom is -0.372 e. The van der Waals surface area contributed by atoms with Gasteiger partial charge in [-0.2, -0.15) is 0 Å². The molecule has 1 saturated carbocycles. The van der Waals surface area contributed by atoms with E-state index in [9.17, 15) is 4.79 Å². The van der Waals surface area contributed by atoms with Gasteiger partial charge in [0.05, 0.1) is 18.2 Å². The maximum absolute atomic E-state index is 11.5. The monoisotopic (exact) mass is 345 g/mol. The quantitative estimate of drug-likeness (QED) is 0.761. The van der Waals surface area contributed by atoms with Crippen LogP contribution in [0.4, 0.5) is 0 Å². The van der Waals surface area contributed by atoms with Crippen molar-refractivity contribution in [2.45, 2.75) is 57.4 Å². The molecule has 24 heavy (non-hydrogen) atoms. The van der Waals surface area contributed by atoms with Crippen LogP contribution in [0.5, 0.6) is 0 Å². The number of ether oxygens (including phenoxy) is 1. The number of carbonyl (C=O) groups excluding carboxylic acids is 1. The van der Waals surface area contributed by atoms with Gasteiger partial charge in [0.1, 0.15) is 0 Å². The fourth-order valence-electron chi connectivity index (χ4n) is 3.08. The fourth-order valence-corrected chi connectivity index (χ4v) is 3.23. The van der Waals surface area contributed by atoms with Crippen molar-refractivity contribution in [3.8, 4) is 11.8 Å². The molecule has 3 nitrogen and oxygen atoms in total. The largest absolute Gasteiger partial charge is 0.372 e. The highest BCUT2D eigenvalue weighted by molar-refractivity contribution is 8.13. The van der Waals surface area contributed by atoms with E-state index in [1.54, 1.807) is 6.26 Å². The summed E-state index contributed by atoms with van der Waals surface area (Å²) in [6, 6.07) is 10.6. The lowest BCUT2D eigenvalue weighted by atomic mass is 10.00. The van der Waals surface area contributed by atoms with E-state index < -0.39 is 0 Å². The highest BCUT2D eigenvalue weighted by atomic mass is 32.2. The molecule has 1 fully saturated rings. The Kier molecular flexibility index (Phi) is 6.91. The lowest BCUT2D eigenvalue weighted by molar-refractivity contribution is -0.106. The van der Waals surface area contributed by atoms with E-state index in [2.05, 4.69) is 49.8 Å². The third-order valence-corrected chi connectivity index (χ3v) is 5.23. The SMILES string of the molecule is CSC(=O)C#CC(C)(C)N(C)C1CCC[C@H]1OCc1ccccc1. The molecule has 0 amide bonds. The molecule has 1 aliphatic carbocycles. The number of hydrogen-bond acceptors (Lipinski definition) is 4. The number of carbonyl (C=O) groups is 1. The van der Waals surface area contributed by atoms with E-state index in [-0.39, 0.29) is 16.8 Å². The third kappa shape index (κ3) is 5.11. The molecule has 4 heteroatoms. The molecule has 0 aromatic heterocycles. The zero-order valence-corrected chi connectivity index (χ0v) is 15.9. The van der Waals surface area contributed by atoms with Crippen LogP contribution in [0.2, 0.25) is 0 Å². The van der Waals surface area contributed by atoms with Crippen molar-refractivity contribution in [1.29, 1.82) is 0 Å². The smallest absolute Gasteiger partial charge is 0.262 e. The Hall–Kier alpha value is -1.28. The van der Waals surface area contributed by atoms with Gasteiger partial charge in [0, 0.05) is 6.04 Å².